The summed E-state index contributed by atoms with van der Waals surface area (Å²) >= 11 is 0. The van der Waals surface area contributed by atoms with Crippen LogP contribution >= 0.6 is 0 Å². The summed E-state index contributed by atoms with van der Waals surface area (Å²) in [5.41, 5.74) is 1.44. The Balaban J connectivity index is 1.74. The predicted molar refractivity (Wildman–Crippen MR) is 97.7 cm³/mol. The Kier molecular flexibility index (Phi) is 8.07. The number of nitrogens with zero attached hydrogens (tertiary/aromatic N) is 2. The van der Waals surface area contributed by atoms with Crippen molar-refractivity contribution >= 4 is 0 Å². The third-order valence-corrected chi connectivity index (χ3v) is 4.93. The van der Waals surface area contributed by atoms with Crippen LogP contribution in [-0.4, -0.2) is 60.3 Å². The molecule has 1 N–H and O–H groups in total. The van der Waals surface area contributed by atoms with E-state index in [1.807, 2.05) is 0 Å². The van der Waals surface area contributed by atoms with Crippen LogP contribution in [-0.2, 0) is 6.42 Å². The Morgan fingerprint density at radius 2 is 1.91 bits per heavy atom. The van der Waals surface area contributed by atoms with Crippen LogP contribution in [0.3, 0.4) is 0 Å². The highest BCUT2D eigenvalue weighted by Crippen LogP contribution is 2.16. The Labute approximate surface area is 142 Å². The molecule has 3 heteroatoms. The molecule has 1 heterocycles. The number of aliphatic hydroxyl groups excluding tert-OH is 1. The number of aliphatic hydroxyl groups is 1. The largest absolute Gasteiger partial charge is 0.396 e. The van der Waals surface area contributed by atoms with Crippen molar-refractivity contribution in [2.24, 2.45) is 5.92 Å². The molecule has 0 spiro atoms. The van der Waals surface area contributed by atoms with Crippen molar-refractivity contribution in [2.75, 3.05) is 39.3 Å². The van der Waals surface area contributed by atoms with Gasteiger partial charge in [0.1, 0.15) is 0 Å². The molecule has 0 saturated carbocycles. The van der Waals surface area contributed by atoms with Gasteiger partial charge < -0.3 is 10.0 Å². The first-order valence-electron chi connectivity index (χ1n) is 9.30. The van der Waals surface area contributed by atoms with Crippen molar-refractivity contribution < 1.29 is 5.11 Å². The molecule has 0 aromatic heterocycles. The van der Waals surface area contributed by atoms with Crippen LogP contribution in [0.1, 0.15) is 38.7 Å². The average Bonchev–Trinajstić information content (AvgIpc) is 2.55. The Hall–Kier alpha value is -0.900. The normalized spacial score (nSPS) is 20.3. The summed E-state index contributed by atoms with van der Waals surface area (Å²) < 4.78 is 0. The van der Waals surface area contributed by atoms with Crippen LogP contribution in [0.2, 0.25) is 0 Å². The van der Waals surface area contributed by atoms with Crippen LogP contribution in [0.5, 0.6) is 0 Å². The molecule has 130 valence electrons. The Morgan fingerprint density at radius 3 is 2.61 bits per heavy atom. The number of benzene rings is 1. The molecule has 0 amide bonds. The van der Waals surface area contributed by atoms with Gasteiger partial charge in [0.15, 0.2) is 0 Å². The van der Waals surface area contributed by atoms with E-state index < -0.39 is 0 Å². The zero-order valence-electron chi connectivity index (χ0n) is 15.0. The van der Waals surface area contributed by atoms with E-state index in [4.69, 9.17) is 0 Å². The monoisotopic (exact) mass is 318 g/mol. The van der Waals surface area contributed by atoms with Crippen molar-refractivity contribution in [3.8, 4) is 0 Å². The third kappa shape index (κ3) is 6.62. The van der Waals surface area contributed by atoms with E-state index in [1.165, 1.54) is 44.5 Å². The van der Waals surface area contributed by atoms with Crippen molar-refractivity contribution in [2.45, 2.75) is 45.6 Å². The van der Waals surface area contributed by atoms with Crippen LogP contribution in [0.15, 0.2) is 30.3 Å². The molecule has 3 nitrogen and oxygen atoms in total. The molecule has 1 saturated heterocycles. The Morgan fingerprint density at radius 1 is 1.13 bits per heavy atom. The molecular formula is C20H34N2O. The van der Waals surface area contributed by atoms with Gasteiger partial charge in [-0.1, -0.05) is 44.2 Å². The maximum absolute atomic E-state index is 9.38. The van der Waals surface area contributed by atoms with Gasteiger partial charge in [-0.15, -0.1) is 0 Å². The molecule has 2 rings (SSSR count). The van der Waals surface area contributed by atoms with Crippen molar-refractivity contribution in [1.29, 1.82) is 0 Å². The summed E-state index contributed by atoms with van der Waals surface area (Å²) in [6, 6.07) is 11.3. The van der Waals surface area contributed by atoms with Gasteiger partial charge in [0.2, 0.25) is 0 Å². The minimum absolute atomic E-state index is 0.306. The first-order chi connectivity index (χ1) is 11.2. The lowest BCUT2D eigenvalue weighted by Gasteiger charge is -2.41. The molecule has 0 aliphatic carbocycles. The molecule has 0 radical (unpaired) electrons. The molecule has 0 unspecified atom stereocenters. The number of hydrogen-bond acceptors (Lipinski definition) is 3. The van der Waals surface area contributed by atoms with Gasteiger partial charge in [-0.25, -0.2) is 0 Å². The van der Waals surface area contributed by atoms with E-state index in [2.05, 4.69) is 54.0 Å². The van der Waals surface area contributed by atoms with Gasteiger partial charge in [-0.3, -0.25) is 4.90 Å². The van der Waals surface area contributed by atoms with Crippen molar-refractivity contribution in [1.82, 2.24) is 9.80 Å². The van der Waals surface area contributed by atoms with Crippen LogP contribution in [0.4, 0.5) is 0 Å². The second-order valence-corrected chi connectivity index (χ2v) is 7.27. The van der Waals surface area contributed by atoms with Crippen molar-refractivity contribution in [3.05, 3.63) is 35.9 Å². The van der Waals surface area contributed by atoms with Crippen LogP contribution in [0, 0.1) is 5.92 Å². The first kappa shape index (κ1) is 18.4. The smallest absolute Gasteiger partial charge is 0.0446 e. The standard InChI is InChI=1S/C20H34N2O/c1-18(2)10-13-22-15-14-21(17-20(22)11-16-23)12-6-9-19-7-4-3-5-8-19/h3-5,7-8,18,20,23H,6,9-17H2,1-2H3/t20-/m1/s1. The van der Waals surface area contributed by atoms with Gasteiger partial charge >= 0.3 is 0 Å². The number of hydrogen-bond donors (Lipinski definition) is 1. The number of rotatable bonds is 9. The zero-order chi connectivity index (χ0) is 16.5. The zero-order valence-corrected chi connectivity index (χ0v) is 15.0. The second-order valence-electron chi connectivity index (χ2n) is 7.27. The summed E-state index contributed by atoms with van der Waals surface area (Å²) in [4.78, 5) is 5.19. The van der Waals surface area contributed by atoms with E-state index in [1.54, 1.807) is 0 Å². The average molecular weight is 319 g/mol. The molecule has 1 aliphatic rings. The van der Waals surface area contributed by atoms with Gasteiger partial charge in [-0.2, -0.15) is 0 Å². The lowest BCUT2D eigenvalue weighted by molar-refractivity contribution is 0.0557. The van der Waals surface area contributed by atoms with E-state index in [0.29, 0.717) is 12.6 Å². The van der Waals surface area contributed by atoms with E-state index in [0.717, 1.165) is 25.4 Å². The molecule has 1 atom stereocenters. The highest BCUT2D eigenvalue weighted by Gasteiger charge is 2.25. The fourth-order valence-corrected chi connectivity index (χ4v) is 3.45. The summed E-state index contributed by atoms with van der Waals surface area (Å²) in [6.07, 6.45) is 4.56. The van der Waals surface area contributed by atoms with Crippen molar-refractivity contribution in [3.63, 3.8) is 0 Å². The summed E-state index contributed by atoms with van der Waals surface area (Å²) in [6.45, 7) is 10.7. The van der Waals surface area contributed by atoms with Crippen LogP contribution in [0.25, 0.3) is 0 Å². The quantitative estimate of drug-likeness (QED) is 0.758. The Bertz CT molecular complexity index is 421. The highest BCUT2D eigenvalue weighted by molar-refractivity contribution is 5.14. The molecular weight excluding hydrogens is 284 g/mol. The van der Waals surface area contributed by atoms with Gasteiger partial charge in [0.05, 0.1) is 0 Å². The summed E-state index contributed by atoms with van der Waals surface area (Å²) in [7, 11) is 0. The second kappa shape index (κ2) is 10.1. The minimum atomic E-state index is 0.306. The first-order valence-corrected chi connectivity index (χ1v) is 9.30. The molecule has 1 aromatic rings. The SMILES string of the molecule is CC(C)CCN1CCN(CCCc2ccccc2)C[C@H]1CCO. The molecule has 1 aliphatic heterocycles. The maximum atomic E-state index is 9.38. The predicted octanol–water partition coefficient (Wildman–Crippen LogP) is 3.03. The third-order valence-electron chi connectivity index (χ3n) is 4.93. The fourth-order valence-electron chi connectivity index (χ4n) is 3.45. The van der Waals surface area contributed by atoms with E-state index in [-0.39, 0.29) is 0 Å². The lowest BCUT2D eigenvalue weighted by Crippen LogP contribution is -2.53. The summed E-state index contributed by atoms with van der Waals surface area (Å²) in [5, 5.41) is 9.38. The summed E-state index contributed by atoms with van der Waals surface area (Å²) in [5.74, 6) is 0.758. The topological polar surface area (TPSA) is 26.7 Å². The molecule has 0 bridgehead atoms. The van der Waals surface area contributed by atoms with Gasteiger partial charge in [0, 0.05) is 32.3 Å². The highest BCUT2D eigenvalue weighted by atomic mass is 16.3. The molecule has 1 fully saturated rings. The number of piperazine rings is 1. The lowest BCUT2D eigenvalue weighted by atomic mass is 10.0. The molecule has 1 aromatic carbocycles. The van der Waals surface area contributed by atoms with Gasteiger partial charge in [0.25, 0.3) is 0 Å². The minimum Gasteiger partial charge on any atom is -0.396 e. The fraction of sp³-hybridized carbons (Fsp3) is 0.700. The van der Waals surface area contributed by atoms with Gasteiger partial charge in [-0.05, 0) is 50.3 Å². The maximum Gasteiger partial charge on any atom is 0.0446 e. The number of aryl methyl sites for hydroxylation is 1. The van der Waals surface area contributed by atoms with E-state index in [9.17, 15) is 5.11 Å². The van der Waals surface area contributed by atoms with E-state index >= 15 is 0 Å². The molecule has 23 heavy (non-hydrogen) atoms. The van der Waals surface area contributed by atoms with Crippen LogP contribution < -0.4 is 0 Å².